The van der Waals surface area contributed by atoms with Gasteiger partial charge in [-0.15, -0.1) is 0 Å². The second-order valence-electron chi connectivity index (χ2n) is 5.09. The monoisotopic (exact) mass is 348 g/mol. The molecule has 6 heteroatoms. The summed E-state index contributed by atoms with van der Waals surface area (Å²) in [5.41, 5.74) is 1.82. The first kappa shape index (κ1) is 18.0. The molecule has 0 radical (unpaired) electrons. The van der Waals surface area contributed by atoms with Gasteiger partial charge in [-0.1, -0.05) is 6.07 Å². The van der Waals surface area contributed by atoms with Crippen molar-refractivity contribution < 1.29 is 13.9 Å². The van der Waals surface area contributed by atoms with Gasteiger partial charge in [0.2, 0.25) is 0 Å². The molecule has 0 aliphatic heterocycles. The van der Waals surface area contributed by atoms with Gasteiger partial charge in [0, 0.05) is 6.07 Å². The number of thiocarbonyl (C=S) groups is 1. The lowest BCUT2D eigenvalue weighted by Crippen LogP contribution is -2.20. The first-order valence-corrected chi connectivity index (χ1v) is 8.18. The second kappa shape index (κ2) is 8.49. The van der Waals surface area contributed by atoms with E-state index in [1.165, 1.54) is 6.07 Å². The van der Waals surface area contributed by atoms with Gasteiger partial charge in [-0.2, -0.15) is 0 Å². The Kier molecular flexibility index (Phi) is 6.37. The van der Waals surface area contributed by atoms with Crippen LogP contribution in [0.15, 0.2) is 36.4 Å². The summed E-state index contributed by atoms with van der Waals surface area (Å²) in [6.45, 7) is 6.73. The average Bonchev–Trinajstić information content (AvgIpc) is 2.53. The van der Waals surface area contributed by atoms with E-state index in [1.807, 2.05) is 39.0 Å². The third kappa shape index (κ3) is 4.83. The largest absolute Gasteiger partial charge is 0.494 e. The van der Waals surface area contributed by atoms with Crippen LogP contribution < -0.4 is 20.1 Å². The minimum atomic E-state index is -0.354. The van der Waals surface area contributed by atoms with Crippen molar-refractivity contribution in [1.82, 2.24) is 0 Å². The fourth-order valence-electron chi connectivity index (χ4n) is 2.14. The molecular weight excluding hydrogens is 327 g/mol. The third-order valence-corrected chi connectivity index (χ3v) is 3.39. The number of anilines is 2. The second-order valence-corrected chi connectivity index (χ2v) is 5.49. The van der Waals surface area contributed by atoms with Crippen LogP contribution >= 0.6 is 12.2 Å². The van der Waals surface area contributed by atoms with Crippen molar-refractivity contribution in [2.75, 3.05) is 23.8 Å². The fraction of sp³-hybridized carbons (Fsp3) is 0.278. The van der Waals surface area contributed by atoms with E-state index in [-0.39, 0.29) is 10.9 Å². The van der Waals surface area contributed by atoms with E-state index in [0.29, 0.717) is 36.1 Å². The third-order valence-electron chi connectivity index (χ3n) is 3.18. The highest BCUT2D eigenvalue weighted by Crippen LogP contribution is 2.29. The molecule has 0 saturated heterocycles. The van der Waals surface area contributed by atoms with Gasteiger partial charge in [0.1, 0.15) is 17.3 Å². The van der Waals surface area contributed by atoms with E-state index in [1.54, 1.807) is 12.1 Å². The molecule has 0 heterocycles. The quantitative estimate of drug-likeness (QED) is 0.738. The van der Waals surface area contributed by atoms with E-state index < -0.39 is 0 Å². The number of benzene rings is 2. The first-order valence-electron chi connectivity index (χ1n) is 7.77. The van der Waals surface area contributed by atoms with E-state index in [0.717, 1.165) is 5.56 Å². The minimum Gasteiger partial charge on any atom is -0.494 e. The molecule has 0 fully saturated rings. The smallest absolute Gasteiger partial charge is 0.175 e. The lowest BCUT2D eigenvalue weighted by molar-refractivity contribution is 0.332. The first-order chi connectivity index (χ1) is 11.5. The molecule has 2 aromatic rings. The minimum absolute atomic E-state index is 0.271. The van der Waals surface area contributed by atoms with Crippen molar-refractivity contribution in [3.8, 4) is 11.5 Å². The van der Waals surface area contributed by atoms with E-state index in [2.05, 4.69) is 10.6 Å². The van der Waals surface area contributed by atoms with Crippen LogP contribution in [-0.4, -0.2) is 18.3 Å². The van der Waals surface area contributed by atoms with Crippen LogP contribution in [-0.2, 0) is 0 Å². The van der Waals surface area contributed by atoms with Crippen LogP contribution in [0.25, 0.3) is 0 Å². The zero-order valence-corrected chi connectivity index (χ0v) is 14.8. The number of ether oxygens (including phenoxy) is 2. The summed E-state index contributed by atoms with van der Waals surface area (Å²) >= 11 is 5.28. The number of hydrogen-bond donors (Lipinski definition) is 2. The van der Waals surface area contributed by atoms with Crippen LogP contribution in [0.1, 0.15) is 19.4 Å². The summed E-state index contributed by atoms with van der Waals surface area (Å²) in [6, 6.07) is 10.4. The molecule has 0 unspecified atom stereocenters. The zero-order valence-electron chi connectivity index (χ0n) is 14.0. The summed E-state index contributed by atoms with van der Waals surface area (Å²) in [6.07, 6.45) is 0. The van der Waals surface area contributed by atoms with E-state index >= 15 is 0 Å². The molecule has 4 nitrogen and oxygen atoms in total. The van der Waals surface area contributed by atoms with Crippen molar-refractivity contribution in [2.45, 2.75) is 20.8 Å². The Labute approximate surface area is 147 Å². The molecule has 0 spiro atoms. The van der Waals surface area contributed by atoms with Gasteiger partial charge in [0.25, 0.3) is 0 Å². The molecule has 0 aliphatic rings. The number of hydrogen-bond acceptors (Lipinski definition) is 3. The van der Waals surface area contributed by atoms with Gasteiger partial charge in [-0.25, -0.2) is 4.39 Å². The summed E-state index contributed by atoms with van der Waals surface area (Å²) < 4.78 is 25.0. The Morgan fingerprint density at radius 3 is 2.38 bits per heavy atom. The topological polar surface area (TPSA) is 42.5 Å². The molecule has 0 bridgehead atoms. The van der Waals surface area contributed by atoms with Gasteiger partial charge in [0.15, 0.2) is 5.11 Å². The van der Waals surface area contributed by atoms with E-state index in [4.69, 9.17) is 21.7 Å². The number of aryl methyl sites for hydroxylation is 1. The lowest BCUT2D eigenvalue weighted by Gasteiger charge is -2.16. The van der Waals surface area contributed by atoms with Crippen molar-refractivity contribution in [3.63, 3.8) is 0 Å². The fourth-order valence-corrected chi connectivity index (χ4v) is 2.36. The number of rotatable bonds is 6. The molecule has 2 rings (SSSR count). The summed E-state index contributed by atoms with van der Waals surface area (Å²) in [5, 5.41) is 6.16. The summed E-state index contributed by atoms with van der Waals surface area (Å²) in [4.78, 5) is 0. The van der Waals surface area contributed by atoms with E-state index in [9.17, 15) is 4.39 Å². The van der Waals surface area contributed by atoms with Crippen LogP contribution in [0.4, 0.5) is 15.8 Å². The Morgan fingerprint density at radius 1 is 1.00 bits per heavy atom. The highest BCUT2D eigenvalue weighted by atomic mass is 32.1. The predicted octanol–water partition coefficient (Wildman–Crippen LogP) is 4.74. The van der Waals surface area contributed by atoms with Crippen LogP contribution in [0.5, 0.6) is 11.5 Å². The van der Waals surface area contributed by atoms with Crippen LogP contribution in [0.3, 0.4) is 0 Å². The van der Waals surface area contributed by atoms with Crippen molar-refractivity contribution in [2.24, 2.45) is 0 Å². The van der Waals surface area contributed by atoms with Gasteiger partial charge < -0.3 is 20.1 Å². The van der Waals surface area contributed by atoms with Crippen molar-refractivity contribution in [1.29, 1.82) is 0 Å². The molecule has 0 aromatic heterocycles. The van der Waals surface area contributed by atoms with Crippen molar-refractivity contribution >= 4 is 28.7 Å². The Balaban J connectivity index is 2.15. The van der Waals surface area contributed by atoms with Gasteiger partial charge in [0.05, 0.1) is 24.6 Å². The van der Waals surface area contributed by atoms with Crippen molar-refractivity contribution in [3.05, 3.63) is 47.8 Å². The average molecular weight is 348 g/mol. The SMILES string of the molecule is CCOc1ccc(OCC)c(NC(=S)Nc2ccc(C)cc2F)c1. The lowest BCUT2D eigenvalue weighted by atomic mass is 10.2. The standard InChI is InChI=1S/C18H21FN2O2S/c1-4-22-13-7-9-17(23-5-2)16(11-13)21-18(24)20-15-8-6-12(3)10-14(15)19/h6-11H,4-5H2,1-3H3,(H2,20,21,24). The summed E-state index contributed by atoms with van der Waals surface area (Å²) in [7, 11) is 0. The molecule has 0 amide bonds. The van der Waals surface area contributed by atoms with Crippen LogP contribution in [0.2, 0.25) is 0 Å². The molecule has 2 N–H and O–H groups in total. The maximum atomic E-state index is 13.9. The Bertz CT molecular complexity index is 722. The maximum absolute atomic E-state index is 13.9. The zero-order chi connectivity index (χ0) is 17.5. The van der Waals surface area contributed by atoms with Crippen LogP contribution in [0, 0.1) is 12.7 Å². The molecule has 0 atom stereocenters. The van der Waals surface area contributed by atoms with Gasteiger partial charge in [-0.05, 0) is 62.8 Å². The molecule has 24 heavy (non-hydrogen) atoms. The highest BCUT2D eigenvalue weighted by molar-refractivity contribution is 7.80. The molecular formula is C18H21FN2O2S. The summed E-state index contributed by atoms with van der Waals surface area (Å²) in [5.74, 6) is 0.995. The maximum Gasteiger partial charge on any atom is 0.175 e. The molecule has 2 aromatic carbocycles. The Morgan fingerprint density at radius 2 is 1.71 bits per heavy atom. The van der Waals surface area contributed by atoms with Gasteiger partial charge >= 0.3 is 0 Å². The molecule has 128 valence electrons. The van der Waals surface area contributed by atoms with Gasteiger partial charge in [-0.3, -0.25) is 0 Å². The predicted molar refractivity (Wildman–Crippen MR) is 99.8 cm³/mol. The Hall–Kier alpha value is -2.34. The number of nitrogens with one attached hydrogen (secondary N) is 2. The number of halogens is 1. The molecule has 0 saturated carbocycles. The normalized spacial score (nSPS) is 10.2. The highest BCUT2D eigenvalue weighted by Gasteiger charge is 2.09. The molecule has 0 aliphatic carbocycles.